The highest BCUT2D eigenvalue weighted by Gasteiger charge is 2.27. The molecule has 1 fully saturated rings. The molecule has 5 nitrogen and oxygen atoms in total. The molecule has 17 heavy (non-hydrogen) atoms. The van der Waals surface area contributed by atoms with Crippen molar-refractivity contribution in [1.29, 1.82) is 0 Å². The number of nitrogens with one attached hydrogen (secondary N) is 1. The number of sulfonamides is 1. The summed E-state index contributed by atoms with van der Waals surface area (Å²) in [5, 5.41) is 0.124. The first-order valence-corrected chi connectivity index (χ1v) is 7.53. The van der Waals surface area contributed by atoms with E-state index in [1.54, 1.807) is 17.1 Å². The maximum absolute atomic E-state index is 12.0. The predicted molar refractivity (Wildman–Crippen MR) is 65.0 cm³/mol. The van der Waals surface area contributed by atoms with E-state index in [0.29, 0.717) is 5.92 Å². The van der Waals surface area contributed by atoms with Gasteiger partial charge >= 0.3 is 0 Å². The smallest absolute Gasteiger partial charge is 0.259 e. The van der Waals surface area contributed by atoms with E-state index in [0.717, 1.165) is 25.8 Å². The Kier molecular flexibility index (Phi) is 3.53. The molecule has 2 rings (SSSR count). The van der Waals surface area contributed by atoms with Gasteiger partial charge in [0.1, 0.15) is 0 Å². The summed E-state index contributed by atoms with van der Waals surface area (Å²) in [6.45, 7) is 4.83. The second-order valence-electron chi connectivity index (χ2n) is 4.78. The van der Waals surface area contributed by atoms with Gasteiger partial charge in [0.15, 0.2) is 5.03 Å². The average Bonchev–Trinajstić information content (AvgIpc) is 2.86. The fraction of sp³-hybridized carbons (Fsp3) is 0.727. The topological polar surface area (TPSA) is 64.0 Å². The minimum atomic E-state index is -3.44. The molecule has 1 aliphatic carbocycles. The molecule has 2 atom stereocenters. The first-order chi connectivity index (χ1) is 8.01. The van der Waals surface area contributed by atoms with Crippen LogP contribution in [0.4, 0.5) is 0 Å². The number of hydrogen-bond donors (Lipinski definition) is 1. The van der Waals surface area contributed by atoms with Gasteiger partial charge in [0, 0.05) is 18.8 Å². The van der Waals surface area contributed by atoms with Crippen LogP contribution in [0.25, 0.3) is 0 Å². The quantitative estimate of drug-likeness (QED) is 0.886. The van der Waals surface area contributed by atoms with Gasteiger partial charge in [-0.1, -0.05) is 6.92 Å². The second-order valence-corrected chi connectivity index (χ2v) is 6.44. The molecule has 1 aliphatic rings. The van der Waals surface area contributed by atoms with Crippen LogP contribution in [0.15, 0.2) is 17.6 Å². The Bertz CT molecular complexity index is 481. The highest BCUT2D eigenvalue weighted by molar-refractivity contribution is 7.89. The third-order valence-corrected chi connectivity index (χ3v) is 4.67. The van der Waals surface area contributed by atoms with Crippen LogP contribution in [0, 0.1) is 5.92 Å². The molecule has 0 aliphatic heterocycles. The van der Waals surface area contributed by atoms with Gasteiger partial charge in [0.25, 0.3) is 10.0 Å². The molecule has 1 aromatic rings. The average molecular weight is 257 g/mol. The second kappa shape index (κ2) is 4.78. The fourth-order valence-corrected chi connectivity index (χ4v) is 3.48. The molecule has 1 saturated carbocycles. The lowest BCUT2D eigenvalue weighted by molar-refractivity contribution is 0.536. The molecular formula is C11H19N3O2S. The lowest BCUT2D eigenvalue weighted by Gasteiger charge is -2.11. The maximum Gasteiger partial charge on any atom is 0.259 e. The van der Waals surface area contributed by atoms with E-state index in [1.807, 2.05) is 6.92 Å². The molecule has 2 unspecified atom stereocenters. The van der Waals surface area contributed by atoms with Gasteiger partial charge < -0.3 is 4.57 Å². The van der Waals surface area contributed by atoms with Crippen LogP contribution in [-0.2, 0) is 16.6 Å². The maximum atomic E-state index is 12.0. The van der Waals surface area contributed by atoms with Crippen LogP contribution in [0.5, 0.6) is 0 Å². The zero-order valence-corrected chi connectivity index (χ0v) is 11.1. The molecule has 96 valence electrons. The predicted octanol–water partition coefficient (Wildman–Crippen LogP) is 1.37. The van der Waals surface area contributed by atoms with E-state index in [2.05, 4.69) is 16.6 Å². The van der Waals surface area contributed by atoms with Gasteiger partial charge in [-0.3, -0.25) is 0 Å². The summed E-state index contributed by atoms with van der Waals surface area (Å²) in [6.07, 6.45) is 6.06. The van der Waals surface area contributed by atoms with Crippen molar-refractivity contribution in [3.63, 3.8) is 0 Å². The number of imidazole rings is 1. The van der Waals surface area contributed by atoms with E-state index in [4.69, 9.17) is 0 Å². The third-order valence-electron chi connectivity index (χ3n) is 3.27. The highest BCUT2D eigenvalue weighted by Crippen LogP contribution is 2.25. The van der Waals surface area contributed by atoms with E-state index in [1.165, 1.54) is 0 Å². The van der Waals surface area contributed by atoms with Gasteiger partial charge in [-0.05, 0) is 32.1 Å². The van der Waals surface area contributed by atoms with Crippen LogP contribution in [-0.4, -0.2) is 24.0 Å². The van der Waals surface area contributed by atoms with Crippen molar-refractivity contribution in [2.45, 2.75) is 50.7 Å². The van der Waals surface area contributed by atoms with Crippen LogP contribution in [0.2, 0.25) is 0 Å². The Morgan fingerprint density at radius 2 is 2.29 bits per heavy atom. The van der Waals surface area contributed by atoms with E-state index < -0.39 is 10.0 Å². The van der Waals surface area contributed by atoms with Gasteiger partial charge in [-0.25, -0.2) is 18.1 Å². The number of aryl methyl sites for hydroxylation is 1. The summed E-state index contributed by atoms with van der Waals surface area (Å²) in [5.41, 5.74) is 0. The lowest BCUT2D eigenvalue weighted by Crippen LogP contribution is -2.33. The molecule has 0 saturated heterocycles. The first kappa shape index (κ1) is 12.6. The molecule has 1 N–H and O–H groups in total. The Balaban J connectivity index is 2.08. The van der Waals surface area contributed by atoms with Gasteiger partial charge in [-0.2, -0.15) is 0 Å². The minimum absolute atomic E-state index is 0.0711. The van der Waals surface area contributed by atoms with Gasteiger partial charge in [0.05, 0.1) is 6.33 Å². The molecule has 0 radical (unpaired) electrons. The summed E-state index contributed by atoms with van der Waals surface area (Å²) in [4.78, 5) is 3.93. The van der Waals surface area contributed by atoms with Gasteiger partial charge in [-0.15, -0.1) is 0 Å². The Morgan fingerprint density at radius 1 is 1.53 bits per heavy atom. The third kappa shape index (κ3) is 2.87. The van der Waals surface area contributed by atoms with Crippen LogP contribution < -0.4 is 4.72 Å². The first-order valence-electron chi connectivity index (χ1n) is 6.05. The Hall–Kier alpha value is -0.880. The highest BCUT2D eigenvalue weighted by atomic mass is 32.2. The molecule has 6 heteroatoms. The fourth-order valence-electron chi connectivity index (χ4n) is 2.25. The normalized spacial score (nSPS) is 25.3. The van der Waals surface area contributed by atoms with Gasteiger partial charge in [0.2, 0.25) is 0 Å². The molecule has 1 heterocycles. The summed E-state index contributed by atoms with van der Waals surface area (Å²) in [5.74, 6) is 0.607. The molecular weight excluding hydrogens is 238 g/mol. The minimum Gasteiger partial charge on any atom is -0.336 e. The van der Waals surface area contributed by atoms with E-state index in [9.17, 15) is 8.42 Å². The van der Waals surface area contributed by atoms with Crippen molar-refractivity contribution in [2.75, 3.05) is 0 Å². The van der Waals surface area contributed by atoms with Crippen LogP contribution in [0.1, 0.15) is 33.1 Å². The number of hydrogen-bond acceptors (Lipinski definition) is 3. The van der Waals surface area contributed by atoms with Crippen molar-refractivity contribution >= 4 is 10.0 Å². The van der Waals surface area contributed by atoms with Crippen molar-refractivity contribution in [3.8, 4) is 0 Å². The molecule has 0 aromatic carbocycles. The van der Waals surface area contributed by atoms with E-state index in [-0.39, 0.29) is 11.1 Å². The standard InChI is InChI=1S/C11H19N3O2S/c1-3-14-7-11(12-8-14)17(15,16)13-10-5-4-9(2)6-10/h7-10,13H,3-6H2,1-2H3. The lowest BCUT2D eigenvalue weighted by atomic mass is 10.1. The van der Waals surface area contributed by atoms with E-state index >= 15 is 0 Å². The summed E-state index contributed by atoms with van der Waals surface area (Å²) < 4.78 is 28.6. The molecule has 1 aromatic heterocycles. The largest absolute Gasteiger partial charge is 0.336 e. The van der Waals surface area contributed by atoms with Crippen molar-refractivity contribution in [3.05, 3.63) is 12.5 Å². The number of aromatic nitrogens is 2. The summed E-state index contributed by atoms with van der Waals surface area (Å²) >= 11 is 0. The van der Waals surface area contributed by atoms with Crippen molar-refractivity contribution in [1.82, 2.24) is 14.3 Å². The number of nitrogens with zero attached hydrogens (tertiary/aromatic N) is 2. The summed E-state index contributed by atoms with van der Waals surface area (Å²) in [6, 6.07) is 0.0711. The van der Waals surface area contributed by atoms with Crippen molar-refractivity contribution < 1.29 is 8.42 Å². The van der Waals surface area contributed by atoms with Crippen LogP contribution in [0.3, 0.4) is 0 Å². The Morgan fingerprint density at radius 3 is 2.82 bits per heavy atom. The zero-order valence-electron chi connectivity index (χ0n) is 10.3. The molecule has 0 spiro atoms. The van der Waals surface area contributed by atoms with Crippen LogP contribution >= 0.6 is 0 Å². The number of rotatable bonds is 4. The zero-order chi connectivity index (χ0) is 12.5. The molecule has 0 amide bonds. The van der Waals surface area contributed by atoms with Crippen molar-refractivity contribution in [2.24, 2.45) is 5.92 Å². The molecule has 0 bridgehead atoms. The summed E-state index contributed by atoms with van der Waals surface area (Å²) in [7, 11) is -3.44. The Labute approximate surface area is 102 Å². The SMILES string of the molecule is CCn1cnc(S(=O)(=O)NC2CCC(C)C2)c1. The monoisotopic (exact) mass is 257 g/mol.